The SMILES string of the molecule is CC(C)(C)OC(=O)N/C=C1/CC(N(C(=O)c2cccc3c2CCN3CC2CCO2)C2CC2)CCC1=N. The minimum atomic E-state index is -0.586. The molecule has 36 heavy (non-hydrogen) atoms. The first kappa shape index (κ1) is 24.8. The number of carbonyl (C=O) groups excluding carboxylic acids is 2. The number of alkyl carbamates (subject to hydrolysis) is 1. The molecule has 194 valence electrons. The van der Waals surface area contributed by atoms with Gasteiger partial charge in [-0.15, -0.1) is 0 Å². The molecule has 1 aromatic rings. The Balaban J connectivity index is 1.32. The number of rotatable bonds is 6. The van der Waals surface area contributed by atoms with Gasteiger partial charge in [-0.1, -0.05) is 6.07 Å². The summed E-state index contributed by atoms with van der Waals surface area (Å²) in [6.45, 7) is 8.12. The van der Waals surface area contributed by atoms with Gasteiger partial charge in [-0.2, -0.15) is 0 Å². The Hall–Kier alpha value is -2.87. The van der Waals surface area contributed by atoms with Gasteiger partial charge in [0.05, 0.1) is 6.10 Å². The molecule has 5 rings (SSSR count). The maximum Gasteiger partial charge on any atom is 0.411 e. The smallest absolute Gasteiger partial charge is 0.411 e. The van der Waals surface area contributed by atoms with Crippen molar-refractivity contribution in [2.24, 2.45) is 0 Å². The van der Waals surface area contributed by atoms with Gasteiger partial charge in [0.2, 0.25) is 0 Å². The zero-order valence-electron chi connectivity index (χ0n) is 21.6. The fourth-order valence-corrected chi connectivity index (χ4v) is 5.47. The summed E-state index contributed by atoms with van der Waals surface area (Å²) in [5, 5.41) is 11.1. The van der Waals surface area contributed by atoms with Crippen molar-refractivity contribution in [3.63, 3.8) is 0 Å². The minimum Gasteiger partial charge on any atom is -0.444 e. The van der Waals surface area contributed by atoms with Crippen LogP contribution in [0.2, 0.25) is 0 Å². The monoisotopic (exact) mass is 494 g/mol. The Morgan fingerprint density at radius 2 is 1.97 bits per heavy atom. The van der Waals surface area contributed by atoms with E-state index >= 15 is 0 Å². The van der Waals surface area contributed by atoms with Crippen molar-refractivity contribution < 1.29 is 19.1 Å². The molecule has 1 aromatic carbocycles. The third-order valence-corrected chi connectivity index (χ3v) is 7.47. The Morgan fingerprint density at radius 1 is 1.19 bits per heavy atom. The van der Waals surface area contributed by atoms with Gasteiger partial charge >= 0.3 is 6.09 Å². The molecule has 2 aliphatic heterocycles. The highest BCUT2D eigenvalue weighted by molar-refractivity contribution is 6.00. The molecule has 0 aromatic heterocycles. The first-order valence-corrected chi connectivity index (χ1v) is 13.3. The van der Waals surface area contributed by atoms with E-state index in [2.05, 4.69) is 21.2 Å². The number of ether oxygens (including phenoxy) is 2. The molecule has 2 aliphatic carbocycles. The lowest BCUT2D eigenvalue weighted by molar-refractivity contribution is -0.0443. The molecule has 0 radical (unpaired) electrons. The van der Waals surface area contributed by atoms with Crippen LogP contribution in [0.5, 0.6) is 0 Å². The number of nitrogens with zero attached hydrogens (tertiary/aromatic N) is 2. The van der Waals surface area contributed by atoms with Gasteiger partial charge in [0, 0.05) is 54.9 Å². The van der Waals surface area contributed by atoms with Crippen molar-refractivity contribution in [1.82, 2.24) is 10.2 Å². The van der Waals surface area contributed by atoms with Crippen LogP contribution in [0.25, 0.3) is 0 Å². The van der Waals surface area contributed by atoms with Crippen LogP contribution in [-0.2, 0) is 15.9 Å². The lowest BCUT2D eigenvalue weighted by Crippen LogP contribution is -2.45. The first-order valence-electron chi connectivity index (χ1n) is 13.3. The van der Waals surface area contributed by atoms with Crippen LogP contribution in [0.1, 0.15) is 75.2 Å². The average molecular weight is 495 g/mol. The predicted octanol–water partition coefficient (Wildman–Crippen LogP) is 4.42. The van der Waals surface area contributed by atoms with E-state index in [1.165, 1.54) is 5.69 Å². The Labute approximate surface area is 213 Å². The second kappa shape index (κ2) is 9.88. The molecular weight excluding hydrogens is 456 g/mol. The summed E-state index contributed by atoms with van der Waals surface area (Å²) in [5.74, 6) is 0.106. The van der Waals surface area contributed by atoms with Crippen LogP contribution in [0, 0.1) is 5.41 Å². The summed E-state index contributed by atoms with van der Waals surface area (Å²) in [6.07, 6.45) is 7.32. The fraction of sp³-hybridized carbons (Fsp3) is 0.607. The van der Waals surface area contributed by atoms with Crippen LogP contribution in [0.15, 0.2) is 30.0 Å². The molecule has 2 atom stereocenters. The molecule has 8 heteroatoms. The maximum atomic E-state index is 14.0. The lowest BCUT2D eigenvalue weighted by Gasteiger charge is -2.36. The molecule has 8 nitrogen and oxygen atoms in total. The Kier molecular flexibility index (Phi) is 6.81. The number of hydrogen-bond donors (Lipinski definition) is 2. The van der Waals surface area contributed by atoms with Gasteiger partial charge < -0.3 is 24.7 Å². The maximum absolute atomic E-state index is 14.0. The quantitative estimate of drug-likeness (QED) is 0.610. The van der Waals surface area contributed by atoms with Gasteiger partial charge in [0.15, 0.2) is 0 Å². The average Bonchev–Trinajstić information content (AvgIpc) is 3.53. The van der Waals surface area contributed by atoms with Crippen molar-refractivity contribution in [2.75, 3.05) is 24.6 Å². The van der Waals surface area contributed by atoms with Crippen molar-refractivity contribution >= 4 is 23.4 Å². The summed E-state index contributed by atoms with van der Waals surface area (Å²) in [4.78, 5) is 30.6. The van der Waals surface area contributed by atoms with Crippen LogP contribution >= 0.6 is 0 Å². The highest BCUT2D eigenvalue weighted by Crippen LogP contribution is 2.38. The second-order valence-corrected chi connectivity index (χ2v) is 11.4. The third kappa shape index (κ3) is 5.43. The summed E-state index contributed by atoms with van der Waals surface area (Å²) >= 11 is 0. The highest BCUT2D eigenvalue weighted by atomic mass is 16.6. The number of amides is 2. The van der Waals surface area contributed by atoms with Crippen molar-refractivity contribution in [2.45, 2.75) is 89.5 Å². The summed E-state index contributed by atoms with van der Waals surface area (Å²) in [6, 6.07) is 6.38. The van der Waals surface area contributed by atoms with Crippen LogP contribution in [-0.4, -0.2) is 66.1 Å². The minimum absolute atomic E-state index is 0.0162. The third-order valence-electron chi connectivity index (χ3n) is 7.47. The number of anilines is 1. The molecule has 2 amide bonds. The van der Waals surface area contributed by atoms with E-state index in [-0.39, 0.29) is 18.0 Å². The van der Waals surface area contributed by atoms with Gasteiger partial charge in [0.1, 0.15) is 5.60 Å². The largest absolute Gasteiger partial charge is 0.444 e. The van der Waals surface area contributed by atoms with Crippen LogP contribution in [0.3, 0.4) is 0 Å². The molecule has 2 saturated carbocycles. The zero-order chi connectivity index (χ0) is 25.4. The molecule has 2 heterocycles. The van der Waals surface area contributed by atoms with Gasteiger partial charge in [0.25, 0.3) is 5.91 Å². The Morgan fingerprint density at radius 3 is 2.64 bits per heavy atom. The number of fused-ring (bicyclic) bond motifs is 1. The van der Waals surface area contributed by atoms with Gasteiger partial charge in [-0.05, 0) is 89.0 Å². The molecule has 4 aliphatic rings. The molecule has 1 saturated heterocycles. The van der Waals surface area contributed by atoms with Gasteiger partial charge in [-0.25, -0.2) is 4.79 Å². The normalized spacial score (nSPS) is 24.8. The molecule has 0 spiro atoms. The molecular formula is C28H38N4O4. The van der Waals surface area contributed by atoms with Gasteiger partial charge in [-0.3, -0.25) is 10.1 Å². The zero-order valence-corrected chi connectivity index (χ0v) is 21.6. The fourth-order valence-electron chi connectivity index (χ4n) is 5.47. The van der Waals surface area contributed by atoms with Crippen LogP contribution < -0.4 is 10.2 Å². The molecule has 2 N–H and O–H groups in total. The molecule has 0 bridgehead atoms. The van der Waals surface area contributed by atoms with E-state index in [1.807, 2.05) is 32.9 Å². The molecule has 2 unspecified atom stereocenters. The molecule has 3 fully saturated rings. The van der Waals surface area contributed by atoms with E-state index in [4.69, 9.17) is 14.9 Å². The van der Waals surface area contributed by atoms with E-state index in [0.717, 1.165) is 68.5 Å². The highest BCUT2D eigenvalue weighted by Gasteiger charge is 2.41. The van der Waals surface area contributed by atoms with Crippen LogP contribution in [0.4, 0.5) is 10.5 Å². The Bertz CT molecular complexity index is 1070. The first-order chi connectivity index (χ1) is 17.2. The van der Waals surface area contributed by atoms with Crippen molar-refractivity contribution in [1.29, 1.82) is 5.41 Å². The lowest BCUT2D eigenvalue weighted by atomic mass is 9.87. The van der Waals surface area contributed by atoms with Crippen molar-refractivity contribution in [3.05, 3.63) is 41.1 Å². The van der Waals surface area contributed by atoms with E-state index in [0.29, 0.717) is 24.7 Å². The second-order valence-electron chi connectivity index (χ2n) is 11.4. The standard InChI is InChI=1S/C28H38N4O4/c1-28(2,3)36-27(34)30-16-18-15-20(9-10-24(18)29)32(19-7-8-19)26(33)23-5-4-6-25-22(23)11-13-31(25)17-21-12-14-35-21/h4-6,16,19-21,29H,7-15,17H2,1-3H3,(H,30,34)/b18-16-,29-24?. The number of hydrogen-bond acceptors (Lipinski definition) is 6. The summed E-state index contributed by atoms with van der Waals surface area (Å²) in [5.41, 5.74) is 3.82. The van der Waals surface area contributed by atoms with E-state index in [1.54, 1.807) is 6.20 Å². The van der Waals surface area contributed by atoms with Crippen molar-refractivity contribution in [3.8, 4) is 0 Å². The van der Waals surface area contributed by atoms with E-state index < -0.39 is 11.7 Å². The number of carbonyl (C=O) groups is 2. The topological polar surface area (TPSA) is 95.0 Å². The number of benzene rings is 1. The number of nitrogens with one attached hydrogen (secondary N) is 2. The van der Waals surface area contributed by atoms with E-state index in [9.17, 15) is 9.59 Å². The predicted molar refractivity (Wildman–Crippen MR) is 139 cm³/mol. The summed E-state index contributed by atoms with van der Waals surface area (Å²) < 4.78 is 11.0. The summed E-state index contributed by atoms with van der Waals surface area (Å²) in [7, 11) is 0.